The van der Waals surface area contributed by atoms with E-state index in [0.717, 1.165) is 11.8 Å². The van der Waals surface area contributed by atoms with E-state index in [4.69, 9.17) is 11.6 Å². The molecule has 0 aliphatic carbocycles. The minimum Gasteiger partial charge on any atom is -0.324 e. The van der Waals surface area contributed by atoms with Crippen LogP contribution in [-0.2, 0) is 28.4 Å². The quantitative estimate of drug-likeness (QED) is 0.497. The van der Waals surface area contributed by atoms with E-state index in [1.807, 2.05) is 19.1 Å². The average molecular weight is 480 g/mol. The Balaban J connectivity index is 1.69. The monoisotopic (exact) mass is 479 g/mol. The van der Waals surface area contributed by atoms with Crippen molar-refractivity contribution in [2.75, 3.05) is 21.6 Å². The standard InChI is InChI=1S/C20H22ClN5O3S2/c1-14-8-10-15(11-9-14)26(31(3,28)29)12-18-23-24-20(25(18)2)30-13-19(27)22-17-7-5-4-6-16(17)21/h4-11H,12-13H2,1-3H3,(H,22,27). The average Bonchev–Trinajstić information content (AvgIpc) is 3.06. The summed E-state index contributed by atoms with van der Waals surface area (Å²) in [7, 11) is -1.80. The maximum atomic E-state index is 12.4. The molecule has 0 aliphatic rings. The molecule has 0 saturated carbocycles. The number of para-hydroxylation sites is 1. The molecule has 0 atom stereocenters. The summed E-state index contributed by atoms with van der Waals surface area (Å²) in [6.45, 7) is 1.96. The van der Waals surface area contributed by atoms with Gasteiger partial charge in [0.25, 0.3) is 0 Å². The fraction of sp³-hybridized carbons (Fsp3) is 0.250. The number of carbonyl (C=O) groups is 1. The van der Waals surface area contributed by atoms with E-state index < -0.39 is 10.0 Å². The number of nitrogens with one attached hydrogen (secondary N) is 1. The van der Waals surface area contributed by atoms with Crippen LogP contribution in [-0.4, -0.2) is 41.1 Å². The lowest BCUT2D eigenvalue weighted by atomic mass is 10.2. The summed E-state index contributed by atoms with van der Waals surface area (Å²) < 4.78 is 27.7. The molecule has 1 N–H and O–H groups in total. The van der Waals surface area contributed by atoms with Gasteiger partial charge in [0.15, 0.2) is 11.0 Å². The van der Waals surface area contributed by atoms with Gasteiger partial charge in [-0.15, -0.1) is 10.2 Å². The first-order valence-electron chi connectivity index (χ1n) is 9.25. The predicted octanol–water partition coefficient (Wildman–Crippen LogP) is 3.47. The summed E-state index contributed by atoms with van der Waals surface area (Å²) in [5.41, 5.74) is 2.12. The zero-order valence-corrected chi connectivity index (χ0v) is 19.6. The van der Waals surface area contributed by atoms with Crippen LogP contribution in [0.2, 0.25) is 5.02 Å². The van der Waals surface area contributed by atoms with E-state index in [1.165, 1.54) is 16.1 Å². The van der Waals surface area contributed by atoms with Gasteiger partial charge in [0.05, 0.1) is 35.0 Å². The first-order chi connectivity index (χ1) is 14.6. The molecule has 0 unspecified atom stereocenters. The van der Waals surface area contributed by atoms with Gasteiger partial charge in [0.2, 0.25) is 15.9 Å². The molecule has 0 bridgehead atoms. The zero-order valence-electron chi connectivity index (χ0n) is 17.2. The Kier molecular flexibility index (Phi) is 7.24. The zero-order chi connectivity index (χ0) is 22.6. The SMILES string of the molecule is Cc1ccc(N(Cc2nnc(SCC(=O)Nc3ccccc3Cl)n2C)S(C)(=O)=O)cc1. The lowest BCUT2D eigenvalue weighted by molar-refractivity contribution is -0.113. The highest BCUT2D eigenvalue weighted by molar-refractivity contribution is 7.99. The number of hydrogen-bond donors (Lipinski definition) is 1. The Morgan fingerprint density at radius 2 is 1.84 bits per heavy atom. The van der Waals surface area contributed by atoms with Crippen LogP contribution in [0.1, 0.15) is 11.4 Å². The van der Waals surface area contributed by atoms with Gasteiger partial charge >= 0.3 is 0 Å². The molecule has 0 spiro atoms. The van der Waals surface area contributed by atoms with E-state index >= 15 is 0 Å². The molecular formula is C20H22ClN5O3S2. The van der Waals surface area contributed by atoms with Crippen LogP contribution in [0.4, 0.5) is 11.4 Å². The maximum Gasteiger partial charge on any atom is 0.234 e. The van der Waals surface area contributed by atoms with Crippen LogP contribution < -0.4 is 9.62 Å². The number of benzene rings is 2. The second-order valence-electron chi connectivity index (χ2n) is 6.88. The molecule has 0 fully saturated rings. The molecule has 0 radical (unpaired) electrons. The van der Waals surface area contributed by atoms with Crippen LogP contribution in [0.3, 0.4) is 0 Å². The smallest absolute Gasteiger partial charge is 0.234 e. The van der Waals surface area contributed by atoms with Gasteiger partial charge < -0.3 is 9.88 Å². The van der Waals surface area contributed by atoms with Crippen LogP contribution in [0.15, 0.2) is 53.7 Å². The van der Waals surface area contributed by atoms with Crippen molar-refractivity contribution in [3.05, 3.63) is 64.9 Å². The lowest BCUT2D eigenvalue weighted by Crippen LogP contribution is -2.30. The predicted molar refractivity (Wildman–Crippen MR) is 124 cm³/mol. The molecule has 1 aromatic heterocycles. The molecule has 8 nitrogen and oxygen atoms in total. The minimum atomic E-state index is -3.53. The Labute approximate surface area is 190 Å². The van der Waals surface area contributed by atoms with Crippen molar-refractivity contribution in [2.24, 2.45) is 7.05 Å². The van der Waals surface area contributed by atoms with Crippen molar-refractivity contribution in [2.45, 2.75) is 18.6 Å². The van der Waals surface area contributed by atoms with Gasteiger partial charge in [-0.1, -0.05) is 53.2 Å². The van der Waals surface area contributed by atoms with Crippen LogP contribution >= 0.6 is 23.4 Å². The number of hydrogen-bond acceptors (Lipinski definition) is 6. The molecule has 0 aliphatic heterocycles. The number of carbonyl (C=O) groups excluding carboxylic acids is 1. The topological polar surface area (TPSA) is 97.2 Å². The molecule has 11 heteroatoms. The molecular weight excluding hydrogens is 458 g/mol. The summed E-state index contributed by atoms with van der Waals surface area (Å²) >= 11 is 7.26. The molecule has 3 aromatic rings. The van der Waals surface area contributed by atoms with Crippen molar-refractivity contribution in [1.82, 2.24) is 14.8 Å². The Hall–Kier alpha value is -2.56. The van der Waals surface area contributed by atoms with Gasteiger partial charge in [0, 0.05) is 7.05 Å². The van der Waals surface area contributed by atoms with Crippen molar-refractivity contribution in [1.29, 1.82) is 0 Å². The van der Waals surface area contributed by atoms with Crippen molar-refractivity contribution >= 4 is 50.7 Å². The molecule has 1 amide bonds. The number of halogens is 1. The lowest BCUT2D eigenvalue weighted by Gasteiger charge is -2.22. The number of sulfonamides is 1. The Morgan fingerprint density at radius 1 is 1.16 bits per heavy atom. The summed E-state index contributed by atoms with van der Waals surface area (Å²) in [6, 6.07) is 14.2. The molecule has 1 heterocycles. The number of anilines is 2. The summed E-state index contributed by atoms with van der Waals surface area (Å²) in [5, 5.41) is 11.9. The van der Waals surface area contributed by atoms with Gasteiger partial charge in [-0.25, -0.2) is 8.42 Å². The highest BCUT2D eigenvalue weighted by Crippen LogP contribution is 2.24. The normalized spacial score (nSPS) is 11.4. The summed E-state index contributed by atoms with van der Waals surface area (Å²) in [6.07, 6.45) is 1.15. The first-order valence-corrected chi connectivity index (χ1v) is 12.5. The van der Waals surface area contributed by atoms with E-state index in [0.29, 0.717) is 27.4 Å². The van der Waals surface area contributed by atoms with E-state index in [2.05, 4.69) is 15.5 Å². The highest BCUT2D eigenvalue weighted by atomic mass is 35.5. The van der Waals surface area contributed by atoms with Crippen molar-refractivity contribution < 1.29 is 13.2 Å². The van der Waals surface area contributed by atoms with Gasteiger partial charge in [-0.05, 0) is 31.2 Å². The van der Waals surface area contributed by atoms with Gasteiger partial charge in [-0.2, -0.15) is 0 Å². The fourth-order valence-electron chi connectivity index (χ4n) is 2.73. The number of aryl methyl sites for hydroxylation is 1. The molecule has 3 rings (SSSR count). The van der Waals surface area contributed by atoms with Crippen molar-refractivity contribution in [3.8, 4) is 0 Å². The summed E-state index contributed by atoms with van der Waals surface area (Å²) in [5.74, 6) is 0.324. The summed E-state index contributed by atoms with van der Waals surface area (Å²) in [4.78, 5) is 12.2. The molecule has 31 heavy (non-hydrogen) atoms. The number of amides is 1. The van der Waals surface area contributed by atoms with E-state index in [9.17, 15) is 13.2 Å². The largest absolute Gasteiger partial charge is 0.324 e. The van der Waals surface area contributed by atoms with Crippen molar-refractivity contribution in [3.63, 3.8) is 0 Å². The Bertz CT molecular complexity index is 1180. The van der Waals surface area contributed by atoms with Crippen LogP contribution in [0.5, 0.6) is 0 Å². The highest BCUT2D eigenvalue weighted by Gasteiger charge is 2.21. The second kappa shape index (κ2) is 9.71. The number of nitrogens with zero attached hydrogens (tertiary/aromatic N) is 4. The molecule has 164 valence electrons. The fourth-order valence-corrected chi connectivity index (χ4v) is 4.49. The first kappa shape index (κ1) is 23.1. The molecule has 0 saturated heterocycles. The van der Waals surface area contributed by atoms with E-state index in [1.54, 1.807) is 48.0 Å². The maximum absolute atomic E-state index is 12.4. The van der Waals surface area contributed by atoms with Gasteiger partial charge in [0.1, 0.15) is 0 Å². The molecule has 2 aromatic carbocycles. The van der Waals surface area contributed by atoms with E-state index in [-0.39, 0.29) is 18.2 Å². The van der Waals surface area contributed by atoms with Crippen LogP contribution in [0, 0.1) is 6.92 Å². The third-order valence-corrected chi connectivity index (χ3v) is 6.90. The Morgan fingerprint density at radius 3 is 2.48 bits per heavy atom. The third-order valence-electron chi connectivity index (χ3n) is 4.41. The minimum absolute atomic E-state index is 0.0256. The number of rotatable bonds is 8. The second-order valence-corrected chi connectivity index (χ2v) is 10.1. The van der Waals surface area contributed by atoms with Gasteiger partial charge in [-0.3, -0.25) is 9.10 Å². The number of aromatic nitrogens is 3. The number of thioether (sulfide) groups is 1. The van der Waals surface area contributed by atoms with Crippen LogP contribution in [0.25, 0.3) is 0 Å². The third kappa shape index (κ3) is 5.99.